The van der Waals surface area contributed by atoms with Gasteiger partial charge in [0, 0.05) is 31.9 Å². The zero-order chi connectivity index (χ0) is 13.8. The van der Waals surface area contributed by atoms with E-state index in [0.29, 0.717) is 11.8 Å². The number of aromatic nitrogens is 5. The molecule has 1 saturated heterocycles. The van der Waals surface area contributed by atoms with Crippen LogP contribution in [0.15, 0.2) is 24.9 Å². The first kappa shape index (κ1) is 12.8. The number of anilines is 1. The molecule has 3 rings (SSSR count). The van der Waals surface area contributed by atoms with Crippen molar-refractivity contribution in [3.63, 3.8) is 0 Å². The van der Waals surface area contributed by atoms with Crippen LogP contribution >= 0.6 is 0 Å². The van der Waals surface area contributed by atoms with Crippen LogP contribution < -0.4 is 9.64 Å². The molecule has 1 aliphatic rings. The number of rotatable bonds is 4. The first-order chi connectivity index (χ1) is 9.85. The predicted molar refractivity (Wildman–Crippen MR) is 73.5 cm³/mol. The number of nitrogens with zero attached hydrogens (tertiary/aromatic N) is 6. The van der Waals surface area contributed by atoms with Gasteiger partial charge in [0.25, 0.3) is 0 Å². The molecule has 7 nitrogen and oxygen atoms in total. The first-order valence-electron chi connectivity index (χ1n) is 6.79. The molecule has 0 bridgehead atoms. The zero-order valence-electron chi connectivity index (χ0n) is 11.5. The number of hydrogen-bond acceptors (Lipinski definition) is 6. The van der Waals surface area contributed by atoms with E-state index in [0.717, 1.165) is 32.0 Å². The summed E-state index contributed by atoms with van der Waals surface area (Å²) in [5.74, 6) is 1.89. The largest absolute Gasteiger partial charge is 0.481 e. The minimum Gasteiger partial charge on any atom is -0.481 e. The van der Waals surface area contributed by atoms with E-state index < -0.39 is 0 Å². The Morgan fingerprint density at radius 3 is 3.20 bits per heavy atom. The van der Waals surface area contributed by atoms with Crippen LogP contribution in [0.2, 0.25) is 0 Å². The fourth-order valence-electron chi connectivity index (χ4n) is 2.59. The van der Waals surface area contributed by atoms with Gasteiger partial charge in [-0.05, 0) is 18.8 Å². The Morgan fingerprint density at radius 2 is 2.40 bits per heavy atom. The lowest BCUT2D eigenvalue weighted by molar-refractivity contribution is 0.347. The lowest BCUT2D eigenvalue weighted by atomic mass is 9.98. The third-order valence-corrected chi connectivity index (χ3v) is 3.54. The van der Waals surface area contributed by atoms with Gasteiger partial charge in [-0.25, -0.2) is 9.97 Å². The summed E-state index contributed by atoms with van der Waals surface area (Å²) >= 11 is 0. The highest BCUT2D eigenvalue weighted by atomic mass is 16.5. The van der Waals surface area contributed by atoms with Crippen LogP contribution in [0.3, 0.4) is 0 Å². The number of piperidine rings is 1. The third-order valence-electron chi connectivity index (χ3n) is 3.54. The summed E-state index contributed by atoms with van der Waals surface area (Å²) in [7, 11) is 1.62. The standard InChI is InChI=1S/C13H18N6O/c1-20-12-4-5-15-13(17-12)18-6-2-3-11(7-18)8-19-10-14-9-16-19/h4-5,9-11H,2-3,6-8H2,1H3/t11-/m0/s1. The molecule has 1 atom stereocenters. The molecule has 0 spiro atoms. The molecule has 0 saturated carbocycles. The summed E-state index contributed by atoms with van der Waals surface area (Å²) in [6.07, 6.45) is 7.41. The van der Waals surface area contributed by atoms with Crippen molar-refractivity contribution >= 4 is 5.95 Å². The van der Waals surface area contributed by atoms with Gasteiger partial charge in [-0.15, -0.1) is 0 Å². The maximum Gasteiger partial charge on any atom is 0.228 e. The lowest BCUT2D eigenvalue weighted by Crippen LogP contribution is -2.38. The van der Waals surface area contributed by atoms with Crippen LogP contribution in [0.25, 0.3) is 0 Å². The fraction of sp³-hybridized carbons (Fsp3) is 0.538. The molecule has 1 aliphatic heterocycles. The van der Waals surface area contributed by atoms with E-state index in [4.69, 9.17) is 4.74 Å². The van der Waals surface area contributed by atoms with Crippen LogP contribution in [0.1, 0.15) is 12.8 Å². The highest BCUT2D eigenvalue weighted by Crippen LogP contribution is 2.22. The normalized spacial score (nSPS) is 19.1. The molecule has 2 aromatic rings. The predicted octanol–water partition coefficient (Wildman–Crippen LogP) is 0.993. The molecule has 7 heteroatoms. The lowest BCUT2D eigenvalue weighted by Gasteiger charge is -2.32. The quantitative estimate of drug-likeness (QED) is 0.828. The highest BCUT2D eigenvalue weighted by molar-refractivity contribution is 5.32. The Balaban J connectivity index is 1.68. The van der Waals surface area contributed by atoms with Crippen molar-refractivity contribution in [2.24, 2.45) is 5.92 Å². The molecule has 0 N–H and O–H groups in total. The Morgan fingerprint density at radius 1 is 1.45 bits per heavy atom. The topological polar surface area (TPSA) is 69.0 Å². The van der Waals surface area contributed by atoms with E-state index in [1.54, 1.807) is 32.0 Å². The van der Waals surface area contributed by atoms with E-state index in [9.17, 15) is 0 Å². The van der Waals surface area contributed by atoms with Crippen LogP contribution in [0, 0.1) is 5.92 Å². The smallest absolute Gasteiger partial charge is 0.228 e. The summed E-state index contributed by atoms with van der Waals surface area (Å²) in [4.78, 5) is 14.9. The second-order valence-electron chi connectivity index (χ2n) is 4.97. The van der Waals surface area contributed by atoms with Gasteiger partial charge >= 0.3 is 0 Å². The molecular formula is C13H18N6O. The monoisotopic (exact) mass is 274 g/mol. The van der Waals surface area contributed by atoms with Gasteiger partial charge in [0.15, 0.2) is 0 Å². The molecule has 106 valence electrons. The maximum atomic E-state index is 5.16. The molecule has 1 fully saturated rings. The van der Waals surface area contributed by atoms with Gasteiger partial charge in [-0.1, -0.05) is 0 Å². The van der Waals surface area contributed by atoms with E-state index in [2.05, 4.69) is 25.0 Å². The molecule has 0 radical (unpaired) electrons. The van der Waals surface area contributed by atoms with Gasteiger partial charge in [0.05, 0.1) is 7.11 Å². The van der Waals surface area contributed by atoms with Gasteiger partial charge in [0.1, 0.15) is 12.7 Å². The van der Waals surface area contributed by atoms with Crippen molar-refractivity contribution in [1.82, 2.24) is 24.7 Å². The van der Waals surface area contributed by atoms with Crippen molar-refractivity contribution in [3.05, 3.63) is 24.9 Å². The van der Waals surface area contributed by atoms with Gasteiger partial charge in [-0.3, -0.25) is 4.68 Å². The van der Waals surface area contributed by atoms with Gasteiger partial charge in [0.2, 0.25) is 11.8 Å². The molecular weight excluding hydrogens is 256 g/mol. The molecule has 0 unspecified atom stereocenters. The van der Waals surface area contributed by atoms with E-state index >= 15 is 0 Å². The number of hydrogen-bond donors (Lipinski definition) is 0. The Hall–Kier alpha value is -2.18. The second kappa shape index (κ2) is 5.85. The third kappa shape index (κ3) is 2.87. The summed E-state index contributed by atoms with van der Waals surface area (Å²) < 4.78 is 7.05. The van der Waals surface area contributed by atoms with Gasteiger partial charge in [-0.2, -0.15) is 10.1 Å². The Labute approximate surface area is 117 Å². The summed E-state index contributed by atoms with van der Waals surface area (Å²) in [5, 5.41) is 4.17. The molecule has 0 aromatic carbocycles. The second-order valence-corrected chi connectivity index (χ2v) is 4.97. The van der Waals surface area contributed by atoms with Crippen molar-refractivity contribution < 1.29 is 4.74 Å². The maximum absolute atomic E-state index is 5.16. The molecule has 3 heterocycles. The number of methoxy groups -OCH3 is 1. The summed E-state index contributed by atoms with van der Waals surface area (Å²) in [6.45, 7) is 2.81. The molecule has 0 aliphatic carbocycles. The van der Waals surface area contributed by atoms with Crippen LogP contribution in [-0.4, -0.2) is 44.9 Å². The van der Waals surface area contributed by atoms with Gasteiger partial charge < -0.3 is 9.64 Å². The van der Waals surface area contributed by atoms with Crippen molar-refractivity contribution in [2.45, 2.75) is 19.4 Å². The summed E-state index contributed by atoms with van der Waals surface area (Å²) in [6, 6.07) is 1.76. The minimum atomic E-state index is 0.542. The fourth-order valence-corrected chi connectivity index (χ4v) is 2.59. The SMILES string of the molecule is COc1ccnc(N2CCC[C@H](Cn3cncn3)C2)n1. The zero-order valence-corrected chi connectivity index (χ0v) is 11.5. The van der Waals surface area contributed by atoms with Crippen LogP contribution in [-0.2, 0) is 6.54 Å². The Kier molecular flexibility index (Phi) is 3.76. The van der Waals surface area contributed by atoms with Crippen LogP contribution in [0.5, 0.6) is 5.88 Å². The van der Waals surface area contributed by atoms with E-state index in [-0.39, 0.29) is 0 Å². The van der Waals surface area contributed by atoms with Crippen molar-refractivity contribution in [2.75, 3.05) is 25.1 Å². The average molecular weight is 274 g/mol. The molecule has 0 amide bonds. The minimum absolute atomic E-state index is 0.542. The number of ether oxygens (including phenoxy) is 1. The molecule has 20 heavy (non-hydrogen) atoms. The molecule has 2 aromatic heterocycles. The van der Waals surface area contributed by atoms with Crippen LogP contribution in [0.4, 0.5) is 5.95 Å². The average Bonchev–Trinajstić information content (AvgIpc) is 3.00. The van der Waals surface area contributed by atoms with E-state index in [1.807, 2.05) is 4.68 Å². The van der Waals surface area contributed by atoms with E-state index in [1.165, 1.54) is 6.42 Å². The van der Waals surface area contributed by atoms with Crippen molar-refractivity contribution in [1.29, 1.82) is 0 Å². The summed E-state index contributed by atoms with van der Waals surface area (Å²) in [5.41, 5.74) is 0. The first-order valence-corrected chi connectivity index (χ1v) is 6.79. The Bertz CT molecular complexity index is 544. The highest BCUT2D eigenvalue weighted by Gasteiger charge is 2.22. The van der Waals surface area contributed by atoms with Crippen molar-refractivity contribution in [3.8, 4) is 5.88 Å².